The van der Waals surface area contributed by atoms with Gasteiger partial charge in [-0.05, 0) is 31.1 Å². The van der Waals surface area contributed by atoms with Crippen LogP contribution in [0.5, 0.6) is 0 Å². The molecule has 1 aromatic heterocycles. The van der Waals surface area contributed by atoms with Crippen molar-refractivity contribution in [2.45, 2.75) is 58.5 Å². The number of aromatic nitrogens is 2. The first-order valence-electron chi connectivity index (χ1n) is 7.99. The van der Waals surface area contributed by atoms with Gasteiger partial charge in [-0.15, -0.1) is 0 Å². The standard InChI is InChI=1S/C15H25N5O/c1-9(2)7-16-15(18-12-6-10(12)3)17-8-13-19-14(20-21-13)11-4-5-11/h9-12H,4-8H2,1-3H3,(H2,16,17,18). The van der Waals surface area contributed by atoms with Crippen molar-refractivity contribution >= 4 is 5.96 Å². The van der Waals surface area contributed by atoms with Crippen LogP contribution in [0, 0.1) is 11.8 Å². The van der Waals surface area contributed by atoms with Crippen LogP contribution in [0.15, 0.2) is 9.52 Å². The summed E-state index contributed by atoms with van der Waals surface area (Å²) >= 11 is 0. The molecule has 3 rings (SSSR count). The van der Waals surface area contributed by atoms with Crippen LogP contribution in [0.4, 0.5) is 0 Å². The van der Waals surface area contributed by atoms with E-state index in [1.165, 1.54) is 19.3 Å². The fourth-order valence-corrected chi connectivity index (χ4v) is 2.14. The van der Waals surface area contributed by atoms with Gasteiger partial charge in [0.2, 0.25) is 5.89 Å². The Morgan fingerprint density at radius 1 is 1.43 bits per heavy atom. The molecule has 21 heavy (non-hydrogen) atoms. The summed E-state index contributed by atoms with van der Waals surface area (Å²) in [5.74, 6) is 4.14. The summed E-state index contributed by atoms with van der Waals surface area (Å²) in [6, 6.07) is 0.549. The average molecular weight is 291 g/mol. The molecule has 0 saturated heterocycles. The van der Waals surface area contributed by atoms with E-state index < -0.39 is 0 Å². The summed E-state index contributed by atoms with van der Waals surface area (Å²) in [5.41, 5.74) is 0. The molecular formula is C15H25N5O. The predicted octanol–water partition coefficient (Wildman–Crippen LogP) is 2.05. The molecule has 2 aliphatic rings. The Labute approximate surface area is 125 Å². The minimum absolute atomic E-state index is 0.439. The van der Waals surface area contributed by atoms with E-state index in [1.807, 2.05) is 0 Å². The topological polar surface area (TPSA) is 75.3 Å². The van der Waals surface area contributed by atoms with Crippen molar-refractivity contribution in [3.63, 3.8) is 0 Å². The highest BCUT2D eigenvalue weighted by Gasteiger charge is 2.33. The van der Waals surface area contributed by atoms with Gasteiger partial charge in [0.15, 0.2) is 11.8 Å². The summed E-state index contributed by atoms with van der Waals surface area (Å²) in [5, 5.41) is 10.8. The fourth-order valence-electron chi connectivity index (χ4n) is 2.14. The van der Waals surface area contributed by atoms with Crippen molar-refractivity contribution in [2.75, 3.05) is 6.54 Å². The Balaban J connectivity index is 1.56. The van der Waals surface area contributed by atoms with Gasteiger partial charge < -0.3 is 15.2 Å². The smallest absolute Gasteiger partial charge is 0.248 e. The molecule has 0 aliphatic heterocycles. The molecule has 2 aliphatic carbocycles. The van der Waals surface area contributed by atoms with Crippen molar-refractivity contribution in [3.8, 4) is 0 Å². The van der Waals surface area contributed by atoms with Crippen LogP contribution in [0.1, 0.15) is 57.7 Å². The Bertz CT molecular complexity index is 506. The minimum Gasteiger partial charge on any atom is -0.356 e. The van der Waals surface area contributed by atoms with E-state index >= 15 is 0 Å². The molecule has 1 heterocycles. The third-order valence-corrected chi connectivity index (χ3v) is 3.91. The zero-order chi connectivity index (χ0) is 14.8. The molecule has 2 N–H and O–H groups in total. The van der Waals surface area contributed by atoms with Crippen molar-refractivity contribution in [1.82, 2.24) is 20.8 Å². The lowest BCUT2D eigenvalue weighted by Crippen LogP contribution is -2.40. The normalized spacial score (nSPS) is 25.2. The van der Waals surface area contributed by atoms with Crippen LogP contribution >= 0.6 is 0 Å². The Morgan fingerprint density at radius 3 is 2.81 bits per heavy atom. The van der Waals surface area contributed by atoms with Gasteiger partial charge in [0.1, 0.15) is 6.54 Å². The first-order valence-corrected chi connectivity index (χ1v) is 7.99. The maximum Gasteiger partial charge on any atom is 0.248 e. The number of hydrogen-bond donors (Lipinski definition) is 2. The highest BCUT2D eigenvalue weighted by atomic mass is 16.5. The molecule has 1 aromatic rings. The molecule has 116 valence electrons. The SMILES string of the molecule is CC(C)CNC(=NCc1nc(C2CC2)no1)NC1CC1C. The summed E-state index contributed by atoms with van der Waals surface area (Å²) in [6.45, 7) is 7.96. The van der Waals surface area contributed by atoms with Crippen molar-refractivity contribution in [3.05, 3.63) is 11.7 Å². The summed E-state index contributed by atoms with van der Waals surface area (Å²) in [7, 11) is 0. The van der Waals surface area contributed by atoms with Gasteiger partial charge in [-0.25, -0.2) is 4.99 Å². The van der Waals surface area contributed by atoms with E-state index in [2.05, 4.69) is 46.5 Å². The highest BCUT2D eigenvalue weighted by Crippen LogP contribution is 2.38. The third-order valence-electron chi connectivity index (χ3n) is 3.91. The van der Waals surface area contributed by atoms with Crippen LogP contribution in [0.25, 0.3) is 0 Å². The molecule has 0 bridgehead atoms. The molecule has 0 aromatic carbocycles. The number of rotatable bonds is 6. The molecule has 2 saturated carbocycles. The van der Waals surface area contributed by atoms with E-state index in [-0.39, 0.29) is 0 Å². The van der Waals surface area contributed by atoms with Crippen LogP contribution in [-0.4, -0.2) is 28.7 Å². The lowest BCUT2D eigenvalue weighted by Gasteiger charge is -2.13. The quantitative estimate of drug-likeness (QED) is 0.620. The van der Waals surface area contributed by atoms with Gasteiger partial charge in [-0.3, -0.25) is 0 Å². The van der Waals surface area contributed by atoms with Crippen LogP contribution in [-0.2, 0) is 6.54 Å². The largest absolute Gasteiger partial charge is 0.356 e. The number of nitrogens with zero attached hydrogens (tertiary/aromatic N) is 3. The van der Waals surface area contributed by atoms with E-state index in [9.17, 15) is 0 Å². The monoisotopic (exact) mass is 291 g/mol. The maximum atomic E-state index is 5.26. The number of guanidine groups is 1. The summed E-state index contributed by atoms with van der Waals surface area (Å²) in [6.07, 6.45) is 3.59. The van der Waals surface area contributed by atoms with E-state index in [4.69, 9.17) is 4.52 Å². The summed E-state index contributed by atoms with van der Waals surface area (Å²) in [4.78, 5) is 8.98. The van der Waals surface area contributed by atoms with Gasteiger partial charge in [0, 0.05) is 18.5 Å². The van der Waals surface area contributed by atoms with Gasteiger partial charge >= 0.3 is 0 Å². The number of hydrogen-bond acceptors (Lipinski definition) is 4. The van der Waals surface area contributed by atoms with Gasteiger partial charge in [-0.2, -0.15) is 4.98 Å². The maximum absolute atomic E-state index is 5.26. The van der Waals surface area contributed by atoms with E-state index in [0.717, 1.165) is 24.2 Å². The van der Waals surface area contributed by atoms with Crippen molar-refractivity contribution in [1.29, 1.82) is 0 Å². The molecule has 0 spiro atoms. The molecule has 2 atom stereocenters. The molecule has 0 radical (unpaired) electrons. The third kappa shape index (κ3) is 4.19. The summed E-state index contributed by atoms with van der Waals surface area (Å²) < 4.78 is 5.26. The Kier molecular flexibility index (Phi) is 4.12. The minimum atomic E-state index is 0.439. The number of aliphatic imine (C=N–C) groups is 1. The lowest BCUT2D eigenvalue weighted by molar-refractivity contribution is 0.374. The Hall–Kier alpha value is -1.59. The zero-order valence-electron chi connectivity index (χ0n) is 13.1. The number of nitrogens with one attached hydrogen (secondary N) is 2. The fraction of sp³-hybridized carbons (Fsp3) is 0.800. The second-order valence-corrected chi connectivity index (χ2v) is 6.72. The second kappa shape index (κ2) is 6.03. The van der Waals surface area contributed by atoms with Gasteiger partial charge in [0.25, 0.3) is 0 Å². The molecule has 2 unspecified atom stereocenters. The molecule has 6 nitrogen and oxygen atoms in total. The van der Waals surface area contributed by atoms with Crippen molar-refractivity contribution < 1.29 is 4.52 Å². The van der Waals surface area contributed by atoms with Gasteiger partial charge in [-0.1, -0.05) is 25.9 Å². The second-order valence-electron chi connectivity index (χ2n) is 6.72. The highest BCUT2D eigenvalue weighted by molar-refractivity contribution is 5.80. The lowest BCUT2D eigenvalue weighted by atomic mass is 10.2. The molecule has 0 amide bonds. The van der Waals surface area contributed by atoms with E-state index in [1.54, 1.807) is 0 Å². The van der Waals surface area contributed by atoms with Crippen LogP contribution in [0.2, 0.25) is 0 Å². The molecular weight excluding hydrogens is 266 g/mol. The van der Waals surface area contributed by atoms with Crippen molar-refractivity contribution in [2.24, 2.45) is 16.8 Å². The van der Waals surface area contributed by atoms with Gasteiger partial charge in [0.05, 0.1) is 0 Å². The Morgan fingerprint density at radius 2 is 2.19 bits per heavy atom. The first-order chi connectivity index (χ1) is 10.1. The van der Waals surface area contributed by atoms with Crippen LogP contribution < -0.4 is 10.6 Å². The van der Waals surface area contributed by atoms with Crippen LogP contribution in [0.3, 0.4) is 0 Å². The average Bonchev–Trinajstić information content (AvgIpc) is 3.35. The predicted molar refractivity (Wildman–Crippen MR) is 81.0 cm³/mol. The molecule has 2 fully saturated rings. The molecule has 6 heteroatoms. The van der Waals surface area contributed by atoms with E-state index in [0.29, 0.717) is 30.3 Å². The first kappa shape index (κ1) is 14.4. The zero-order valence-corrected chi connectivity index (χ0v) is 13.1.